The number of unbranched alkanes of at least 4 members (excludes halogenated alkanes) is 46. The Balaban J connectivity index is 3.43. The summed E-state index contributed by atoms with van der Waals surface area (Å²) in [5, 5.41) is 23.4. The lowest BCUT2D eigenvalue weighted by Crippen LogP contribution is -2.45. The van der Waals surface area contributed by atoms with E-state index < -0.39 is 12.1 Å². The molecule has 0 aliphatic heterocycles. The molecule has 0 aromatic heterocycles. The molecule has 0 spiro atoms. The molecule has 1 amide bonds. The maximum atomic E-state index is 12.5. The van der Waals surface area contributed by atoms with Gasteiger partial charge in [0.25, 0.3) is 0 Å². The summed E-state index contributed by atoms with van der Waals surface area (Å²) in [6.45, 7) is 4.96. The number of rotatable bonds is 61. The topological polar surface area (TPSA) is 95.9 Å². The highest BCUT2D eigenvalue weighted by atomic mass is 16.5. The summed E-state index contributed by atoms with van der Waals surface area (Å²) in [4.78, 5) is 24.6. The van der Waals surface area contributed by atoms with Gasteiger partial charge in [-0.25, -0.2) is 0 Å². The number of amides is 1. The molecule has 0 bridgehead atoms. The van der Waals surface area contributed by atoms with Crippen LogP contribution in [0, 0.1) is 0 Å². The molecule has 6 heteroatoms. The number of aliphatic hydroxyl groups is 2. The van der Waals surface area contributed by atoms with Gasteiger partial charge in [0.2, 0.25) is 5.91 Å². The number of hydrogen-bond donors (Lipinski definition) is 3. The SMILES string of the molecule is CCCCCCCC/C=C\CCCCCCCCCC(=O)OCCCCCCCCCC/C=C\CCCCCCCCCC(=O)NC(CO)C(O)CCCCCCCCCCCCCCCCCCCCC. The van der Waals surface area contributed by atoms with Crippen LogP contribution >= 0.6 is 0 Å². The second kappa shape index (κ2) is 61.9. The zero-order valence-corrected chi connectivity index (χ0v) is 48.7. The molecule has 0 saturated carbocycles. The molecule has 0 aliphatic carbocycles. The monoisotopic (exact) mass is 1010 g/mol. The van der Waals surface area contributed by atoms with Crippen molar-refractivity contribution in [1.29, 1.82) is 0 Å². The summed E-state index contributed by atoms with van der Waals surface area (Å²) < 4.78 is 5.49. The standard InChI is InChI=1S/C66H127NO5/c1-3-5-7-9-11-13-15-17-19-21-23-27-30-34-38-42-46-50-54-58-64(69)63(62-68)67-65(70)59-55-51-47-43-39-35-31-28-24-22-25-29-33-37-41-45-49-53-57-61-72-66(71)60-56-52-48-44-40-36-32-26-20-18-16-14-12-10-8-6-4-2/h18,20,22,24,63-64,68-69H,3-17,19,21,23,25-62H2,1-2H3,(H,67,70)/b20-18-,24-22-. The van der Waals surface area contributed by atoms with E-state index >= 15 is 0 Å². The number of aliphatic hydroxyl groups excluding tert-OH is 2. The van der Waals surface area contributed by atoms with Gasteiger partial charge in [0.1, 0.15) is 0 Å². The van der Waals surface area contributed by atoms with Gasteiger partial charge in [-0.05, 0) is 77.0 Å². The van der Waals surface area contributed by atoms with Crippen LogP contribution in [0.5, 0.6) is 0 Å². The number of carbonyl (C=O) groups is 2. The van der Waals surface area contributed by atoms with Crippen molar-refractivity contribution < 1.29 is 24.5 Å². The Morgan fingerprint density at radius 1 is 0.375 bits per heavy atom. The molecule has 0 aromatic rings. The van der Waals surface area contributed by atoms with Crippen LogP contribution in [-0.4, -0.2) is 47.4 Å². The minimum absolute atomic E-state index is 0.00139. The predicted molar refractivity (Wildman–Crippen MR) is 315 cm³/mol. The molecule has 72 heavy (non-hydrogen) atoms. The highest BCUT2D eigenvalue weighted by Gasteiger charge is 2.20. The Kier molecular flexibility index (Phi) is 60.5. The number of carbonyl (C=O) groups excluding carboxylic acids is 2. The van der Waals surface area contributed by atoms with Crippen LogP contribution in [0.4, 0.5) is 0 Å². The first kappa shape index (κ1) is 70.3. The minimum Gasteiger partial charge on any atom is -0.466 e. The summed E-state index contributed by atoms with van der Waals surface area (Å²) in [6.07, 6.45) is 76.2. The smallest absolute Gasteiger partial charge is 0.305 e. The minimum atomic E-state index is -0.671. The van der Waals surface area contributed by atoms with Crippen molar-refractivity contribution in [2.45, 2.75) is 373 Å². The average molecular weight is 1010 g/mol. The third-order valence-corrected chi connectivity index (χ3v) is 15.2. The van der Waals surface area contributed by atoms with E-state index in [0.717, 1.165) is 44.9 Å². The van der Waals surface area contributed by atoms with Crippen molar-refractivity contribution in [3.63, 3.8) is 0 Å². The van der Waals surface area contributed by atoms with E-state index in [0.29, 0.717) is 25.9 Å². The van der Waals surface area contributed by atoms with E-state index in [9.17, 15) is 19.8 Å². The van der Waals surface area contributed by atoms with Gasteiger partial charge in [-0.2, -0.15) is 0 Å². The molecule has 2 atom stereocenters. The molecule has 426 valence electrons. The molecule has 0 radical (unpaired) electrons. The van der Waals surface area contributed by atoms with Gasteiger partial charge >= 0.3 is 5.97 Å². The Morgan fingerprint density at radius 3 is 0.986 bits per heavy atom. The normalized spacial score (nSPS) is 12.7. The summed E-state index contributed by atoms with van der Waals surface area (Å²) in [5.74, 6) is -0.0401. The number of hydrogen-bond acceptors (Lipinski definition) is 5. The largest absolute Gasteiger partial charge is 0.466 e. The van der Waals surface area contributed by atoms with Gasteiger partial charge in [-0.1, -0.05) is 295 Å². The number of nitrogens with one attached hydrogen (secondary N) is 1. The van der Waals surface area contributed by atoms with E-state index in [4.69, 9.17) is 4.74 Å². The van der Waals surface area contributed by atoms with Crippen LogP contribution < -0.4 is 5.32 Å². The molecule has 0 aromatic carbocycles. The van der Waals surface area contributed by atoms with Crippen LogP contribution in [0.15, 0.2) is 24.3 Å². The van der Waals surface area contributed by atoms with E-state index in [-0.39, 0.29) is 18.5 Å². The Labute approximate surface area is 450 Å². The zero-order valence-electron chi connectivity index (χ0n) is 48.7. The Morgan fingerprint density at radius 2 is 0.653 bits per heavy atom. The van der Waals surface area contributed by atoms with Crippen molar-refractivity contribution in [1.82, 2.24) is 5.32 Å². The maximum Gasteiger partial charge on any atom is 0.305 e. The third-order valence-electron chi connectivity index (χ3n) is 15.2. The molecule has 0 fully saturated rings. The third kappa shape index (κ3) is 57.6. The van der Waals surface area contributed by atoms with Crippen molar-refractivity contribution in [3.8, 4) is 0 Å². The molecule has 0 rings (SSSR count). The van der Waals surface area contributed by atoms with Gasteiger partial charge in [0, 0.05) is 12.8 Å². The fourth-order valence-electron chi connectivity index (χ4n) is 10.2. The van der Waals surface area contributed by atoms with E-state index in [1.165, 1.54) is 283 Å². The van der Waals surface area contributed by atoms with E-state index in [2.05, 4.69) is 43.5 Å². The summed E-state index contributed by atoms with van der Waals surface area (Å²) in [5.41, 5.74) is 0. The molecule has 0 heterocycles. The lowest BCUT2D eigenvalue weighted by molar-refractivity contribution is -0.143. The molecule has 0 aliphatic rings. The van der Waals surface area contributed by atoms with E-state index in [1.54, 1.807) is 0 Å². The van der Waals surface area contributed by atoms with Gasteiger partial charge in [0.05, 0.1) is 25.4 Å². The van der Waals surface area contributed by atoms with Crippen molar-refractivity contribution >= 4 is 11.9 Å². The zero-order chi connectivity index (χ0) is 52.2. The van der Waals surface area contributed by atoms with Gasteiger partial charge in [-0.15, -0.1) is 0 Å². The summed E-state index contributed by atoms with van der Waals surface area (Å²) >= 11 is 0. The quantitative estimate of drug-likeness (QED) is 0.0320. The van der Waals surface area contributed by atoms with Crippen LogP contribution in [0.2, 0.25) is 0 Å². The van der Waals surface area contributed by atoms with Crippen LogP contribution in [0.3, 0.4) is 0 Å². The first-order valence-corrected chi connectivity index (χ1v) is 32.6. The average Bonchev–Trinajstić information content (AvgIpc) is 3.38. The molecular formula is C66H127NO5. The van der Waals surface area contributed by atoms with Crippen LogP contribution in [0.25, 0.3) is 0 Å². The van der Waals surface area contributed by atoms with E-state index in [1.807, 2.05) is 0 Å². The first-order chi connectivity index (χ1) is 35.5. The Hall–Kier alpha value is -1.66. The van der Waals surface area contributed by atoms with Gasteiger partial charge < -0.3 is 20.3 Å². The van der Waals surface area contributed by atoms with Crippen LogP contribution in [0.1, 0.15) is 361 Å². The predicted octanol–water partition coefficient (Wildman–Crippen LogP) is 20.6. The lowest BCUT2D eigenvalue weighted by Gasteiger charge is -2.22. The van der Waals surface area contributed by atoms with Gasteiger partial charge in [-0.3, -0.25) is 9.59 Å². The highest BCUT2D eigenvalue weighted by Crippen LogP contribution is 2.18. The number of esters is 1. The maximum absolute atomic E-state index is 12.5. The lowest BCUT2D eigenvalue weighted by atomic mass is 10.0. The molecule has 6 nitrogen and oxygen atoms in total. The molecule has 2 unspecified atom stereocenters. The fourth-order valence-corrected chi connectivity index (χ4v) is 10.2. The Bertz CT molecular complexity index is 1120. The molecule has 3 N–H and O–H groups in total. The van der Waals surface area contributed by atoms with Gasteiger partial charge in [0.15, 0.2) is 0 Å². The summed E-state index contributed by atoms with van der Waals surface area (Å²) in [7, 11) is 0. The van der Waals surface area contributed by atoms with Crippen molar-refractivity contribution in [2.75, 3.05) is 13.2 Å². The molecular weight excluding hydrogens is 887 g/mol. The second-order valence-corrected chi connectivity index (χ2v) is 22.4. The summed E-state index contributed by atoms with van der Waals surface area (Å²) in [6, 6.07) is -0.549. The number of ether oxygens (including phenoxy) is 1. The van der Waals surface area contributed by atoms with Crippen molar-refractivity contribution in [2.24, 2.45) is 0 Å². The molecule has 0 saturated heterocycles. The second-order valence-electron chi connectivity index (χ2n) is 22.4. The number of allylic oxidation sites excluding steroid dienone is 4. The van der Waals surface area contributed by atoms with Crippen LogP contribution in [-0.2, 0) is 14.3 Å². The highest BCUT2D eigenvalue weighted by molar-refractivity contribution is 5.76. The first-order valence-electron chi connectivity index (χ1n) is 32.6. The van der Waals surface area contributed by atoms with Crippen molar-refractivity contribution in [3.05, 3.63) is 24.3 Å². The fraction of sp³-hybridized carbons (Fsp3) is 0.909.